The van der Waals surface area contributed by atoms with Crippen molar-refractivity contribution in [3.8, 4) is 5.75 Å². The quantitative estimate of drug-likeness (QED) is 0.884. The summed E-state index contributed by atoms with van der Waals surface area (Å²) in [5.74, 6) is 0.858. The molecule has 1 aromatic heterocycles. The number of hydrogen-bond acceptors (Lipinski definition) is 4. The lowest BCUT2D eigenvalue weighted by atomic mass is 9.78. The molecule has 2 aromatic rings. The molecule has 122 valence electrons. The number of nitrogens with zero attached hydrogens (tertiary/aromatic N) is 3. The third kappa shape index (κ3) is 3.36. The molecule has 6 nitrogen and oxygen atoms in total. The highest BCUT2D eigenvalue weighted by Gasteiger charge is 2.37. The first kappa shape index (κ1) is 15.5. The molecule has 3 rings (SSSR count). The second-order valence-corrected chi connectivity index (χ2v) is 6.06. The molecule has 0 saturated heterocycles. The Kier molecular flexibility index (Phi) is 4.60. The van der Waals surface area contributed by atoms with Crippen molar-refractivity contribution in [1.82, 2.24) is 20.1 Å². The topological polar surface area (TPSA) is 69.0 Å². The fourth-order valence-corrected chi connectivity index (χ4v) is 3.46. The summed E-state index contributed by atoms with van der Waals surface area (Å²) in [7, 11) is 1.70. The van der Waals surface area contributed by atoms with Gasteiger partial charge < -0.3 is 10.1 Å². The standard InChI is InChI=1S/C17H22N4O2/c1-23-15-7-3-2-6-14(15)17(8-4-5-9-17)11-19-16(22)10-21-13-18-12-20-21/h2-3,6-7,12-13H,4-5,8-11H2,1H3,(H,19,22). The van der Waals surface area contributed by atoms with Crippen molar-refractivity contribution in [1.29, 1.82) is 0 Å². The van der Waals surface area contributed by atoms with Gasteiger partial charge in [-0.1, -0.05) is 31.0 Å². The Morgan fingerprint density at radius 1 is 1.35 bits per heavy atom. The van der Waals surface area contributed by atoms with Crippen LogP contribution in [0, 0.1) is 0 Å². The van der Waals surface area contributed by atoms with Crippen LogP contribution in [0.3, 0.4) is 0 Å². The number of rotatable bonds is 6. The molecule has 0 unspecified atom stereocenters. The van der Waals surface area contributed by atoms with Gasteiger partial charge in [0, 0.05) is 17.5 Å². The van der Waals surface area contributed by atoms with E-state index in [1.807, 2.05) is 18.2 Å². The summed E-state index contributed by atoms with van der Waals surface area (Å²) in [5.41, 5.74) is 1.16. The summed E-state index contributed by atoms with van der Waals surface area (Å²) in [6, 6.07) is 8.13. The number of benzene rings is 1. The average molecular weight is 314 g/mol. The lowest BCUT2D eigenvalue weighted by Crippen LogP contribution is -2.40. The summed E-state index contributed by atoms with van der Waals surface area (Å²) >= 11 is 0. The second kappa shape index (κ2) is 6.81. The van der Waals surface area contributed by atoms with Crippen LogP contribution >= 0.6 is 0 Å². The number of ether oxygens (including phenoxy) is 1. The van der Waals surface area contributed by atoms with Gasteiger partial charge in [-0.3, -0.25) is 4.79 Å². The lowest BCUT2D eigenvalue weighted by Gasteiger charge is -2.31. The first-order valence-electron chi connectivity index (χ1n) is 7.96. The number of carbonyl (C=O) groups excluding carboxylic acids is 1. The van der Waals surface area contributed by atoms with E-state index in [0.717, 1.165) is 18.6 Å². The van der Waals surface area contributed by atoms with Crippen molar-refractivity contribution in [3.63, 3.8) is 0 Å². The van der Waals surface area contributed by atoms with Gasteiger partial charge in [0.05, 0.1) is 7.11 Å². The van der Waals surface area contributed by atoms with Crippen LogP contribution in [-0.4, -0.2) is 34.3 Å². The molecule has 0 aliphatic heterocycles. The van der Waals surface area contributed by atoms with E-state index in [-0.39, 0.29) is 17.9 Å². The molecule has 1 aliphatic rings. The summed E-state index contributed by atoms with van der Waals surface area (Å²) in [4.78, 5) is 16.0. The maximum atomic E-state index is 12.2. The van der Waals surface area contributed by atoms with Crippen LogP contribution in [0.25, 0.3) is 0 Å². The van der Waals surface area contributed by atoms with E-state index in [1.54, 1.807) is 13.4 Å². The zero-order valence-corrected chi connectivity index (χ0v) is 13.4. The van der Waals surface area contributed by atoms with Crippen molar-refractivity contribution in [3.05, 3.63) is 42.5 Å². The summed E-state index contributed by atoms with van der Waals surface area (Å²) in [6.07, 6.45) is 7.47. The predicted octanol–water partition coefficient (Wildman–Crippen LogP) is 1.91. The van der Waals surface area contributed by atoms with E-state index in [1.165, 1.54) is 29.4 Å². The number of amides is 1. The molecule has 1 N–H and O–H groups in total. The van der Waals surface area contributed by atoms with E-state index in [2.05, 4.69) is 21.5 Å². The van der Waals surface area contributed by atoms with Crippen LogP contribution in [-0.2, 0) is 16.8 Å². The minimum Gasteiger partial charge on any atom is -0.496 e. The van der Waals surface area contributed by atoms with E-state index < -0.39 is 0 Å². The number of para-hydroxylation sites is 1. The van der Waals surface area contributed by atoms with Gasteiger partial charge >= 0.3 is 0 Å². The smallest absolute Gasteiger partial charge is 0.241 e. The molecule has 1 aliphatic carbocycles. The van der Waals surface area contributed by atoms with Gasteiger partial charge in [0.25, 0.3) is 0 Å². The molecule has 1 fully saturated rings. The molecule has 0 spiro atoms. The summed E-state index contributed by atoms with van der Waals surface area (Å²) < 4.78 is 7.07. The number of nitrogens with one attached hydrogen (secondary N) is 1. The SMILES string of the molecule is COc1ccccc1C1(CNC(=O)Cn2cncn2)CCCC1. The third-order valence-corrected chi connectivity index (χ3v) is 4.64. The third-order valence-electron chi connectivity index (χ3n) is 4.64. The molecule has 0 radical (unpaired) electrons. The highest BCUT2D eigenvalue weighted by atomic mass is 16.5. The molecule has 23 heavy (non-hydrogen) atoms. The van der Waals surface area contributed by atoms with E-state index in [4.69, 9.17) is 4.74 Å². The van der Waals surface area contributed by atoms with Gasteiger partial charge in [-0.05, 0) is 18.9 Å². The summed E-state index contributed by atoms with van der Waals surface area (Å²) in [6.45, 7) is 0.822. The Morgan fingerprint density at radius 3 is 2.83 bits per heavy atom. The minimum absolute atomic E-state index is 0.0371. The zero-order valence-electron chi connectivity index (χ0n) is 13.4. The predicted molar refractivity (Wildman–Crippen MR) is 86.2 cm³/mol. The Labute approximate surface area is 135 Å². The highest BCUT2D eigenvalue weighted by molar-refractivity contribution is 5.75. The van der Waals surface area contributed by atoms with E-state index in [9.17, 15) is 4.79 Å². The van der Waals surface area contributed by atoms with Gasteiger partial charge in [0.15, 0.2) is 0 Å². The van der Waals surface area contributed by atoms with Gasteiger partial charge in [-0.25, -0.2) is 9.67 Å². The van der Waals surface area contributed by atoms with E-state index >= 15 is 0 Å². The largest absolute Gasteiger partial charge is 0.496 e. The number of hydrogen-bond donors (Lipinski definition) is 1. The van der Waals surface area contributed by atoms with Crippen molar-refractivity contribution in [2.75, 3.05) is 13.7 Å². The summed E-state index contributed by atoms with van der Waals surface area (Å²) in [5, 5.41) is 7.03. The first-order valence-corrected chi connectivity index (χ1v) is 7.96. The van der Waals surface area contributed by atoms with E-state index in [0.29, 0.717) is 6.54 Å². The monoisotopic (exact) mass is 314 g/mol. The second-order valence-electron chi connectivity index (χ2n) is 6.06. The van der Waals surface area contributed by atoms with Crippen molar-refractivity contribution in [2.45, 2.75) is 37.6 Å². The maximum absolute atomic E-state index is 12.2. The van der Waals surface area contributed by atoms with Crippen LogP contribution in [0.2, 0.25) is 0 Å². The molecule has 1 amide bonds. The van der Waals surface area contributed by atoms with Crippen LogP contribution in [0.1, 0.15) is 31.2 Å². The minimum atomic E-state index is -0.0447. The molecular formula is C17H22N4O2. The Hall–Kier alpha value is -2.37. The van der Waals surface area contributed by atoms with Gasteiger partial charge in [-0.2, -0.15) is 5.10 Å². The van der Waals surface area contributed by atoms with Crippen molar-refractivity contribution >= 4 is 5.91 Å². The zero-order chi connectivity index (χ0) is 16.1. The Balaban J connectivity index is 1.72. The molecule has 1 aromatic carbocycles. The van der Waals surface area contributed by atoms with Gasteiger partial charge in [0.2, 0.25) is 5.91 Å². The highest BCUT2D eigenvalue weighted by Crippen LogP contribution is 2.44. The Bertz CT molecular complexity index is 648. The normalized spacial score (nSPS) is 16.2. The molecule has 6 heteroatoms. The molecule has 1 saturated carbocycles. The van der Waals surface area contributed by atoms with Gasteiger partial charge in [-0.15, -0.1) is 0 Å². The Morgan fingerprint density at radius 2 is 2.13 bits per heavy atom. The molecule has 1 heterocycles. The number of methoxy groups -OCH3 is 1. The van der Waals surface area contributed by atoms with Crippen molar-refractivity contribution in [2.24, 2.45) is 0 Å². The fourth-order valence-electron chi connectivity index (χ4n) is 3.46. The molecule has 0 bridgehead atoms. The first-order chi connectivity index (χ1) is 11.2. The van der Waals surface area contributed by atoms with Crippen LogP contribution < -0.4 is 10.1 Å². The van der Waals surface area contributed by atoms with Crippen molar-refractivity contribution < 1.29 is 9.53 Å². The van der Waals surface area contributed by atoms with Crippen LogP contribution in [0.15, 0.2) is 36.9 Å². The maximum Gasteiger partial charge on any atom is 0.241 e. The average Bonchev–Trinajstić information content (AvgIpc) is 3.25. The molecular weight excluding hydrogens is 292 g/mol. The van der Waals surface area contributed by atoms with Gasteiger partial charge in [0.1, 0.15) is 24.9 Å². The molecule has 0 atom stereocenters. The van der Waals surface area contributed by atoms with Crippen LogP contribution in [0.4, 0.5) is 0 Å². The number of aromatic nitrogens is 3. The van der Waals surface area contributed by atoms with Crippen LogP contribution in [0.5, 0.6) is 5.75 Å². The number of carbonyl (C=O) groups is 1. The lowest BCUT2D eigenvalue weighted by molar-refractivity contribution is -0.122. The fraction of sp³-hybridized carbons (Fsp3) is 0.471.